The fourth-order valence-electron chi connectivity index (χ4n) is 1.69. The maximum absolute atomic E-state index is 5.25. The first-order valence-electron chi connectivity index (χ1n) is 5.43. The van der Waals surface area contributed by atoms with E-state index in [1.54, 1.807) is 0 Å². The molecule has 0 aliphatic heterocycles. The summed E-state index contributed by atoms with van der Waals surface area (Å²) in [5.41, 5.74) is 7.32. The van der Waals surface area contributed by atoms with E-state index >= 15 is 0 Å². The Morgan fingerprint density at radius 3 is 2.22 bits per heavy atom. The van der Waals surface area contributed by atoms with Crippen LogP contribution in [0.4, 0.5) is 0 Å². The molecule has 3 aromatic rings. The third-order valence-corrected chi connectivity index (χ3v) is 2.42. The van der Waals surface area contributed by atoms with Crippen molar-refractivity contribution in [3.8, 4) is 11.3 Å². The molecule has 2 N–H and O–H groups in total. The summed E-state index contributed by atoms with van der Waals surface area (Å²) < 4.78 is 5.25. The number of rotatable bonds is 1. The zero-order chi connectivity index (χ0) is 12.1. The first kappa shape index (κ1) is 13.9. The highest BCUT2D eigenvalue weighted by molar-refractivity contribution is 5.91. The van der Waals surface area contributed by atoms with Gasteiger partial charge in [0.05, 0.1) is 0 Å². The lowest BCUT2D eigenvalue weighted by molar-refractivity contribution is 0.459. The summed E-state index contributed by atoms with van der Waals surface area (Å²) in [6.07, 6.45) is 0. The standard InChI is InChI=1S/C13H9NO.CH5N.CH4/c1-2-6-10(7-3-1)13-11-8-4-5-9-12(11)15-14-13;1-2;/h1-9H;2H2,1H3;1H4. The van der Waals surface area contributed by atoms with Crippen molar-refractivity contribution >= 4 is 11.0 Å². The highest BCUT2D eigenvalue weighted by atomic mass is 16.5. The minimum absolute atomic E-state index is 0. The van der Waals surface area contributed by atoms with Crippen LogP contribution in [0.3, 0.4) is 0 Å². The summed E-state index contributed by atoms with van der Waals surface area (Å²) in [5, 5.41) is 5.15. The van der Waals surface area contributed by atoms with Gasteiger partial charge in [-0.05, 0) is 19.2 Å². The molecule has 0 fully saturated rings. The summed E-state index contributed by atoms with van der Waals surface area (Å²) in [7, 11) is 1.50. The number of benzene rings is 2. The number of aromatic nitrogens is 1. The van der Waals surface area contributed by atoms with Gasteiger partial charge in [-0.3, -0.25) is 0 Å². The normalized spacial score (nSPS) is 9.22. The van der Waals surface area contributed by atoms with Gasteiger partial charge in [0, 0.05) is 10.9 Å². The molecule has 0 saturated carbocycles. The Hall–Kier alpha value is -2.13. The molecular weight excluding hydrogens is 224 g/mol. The van der Waals surface area contributed by atoms with Crippen LogP contribution in [0.5, 0.6) is 0 Å². The van der Waals surface area contributed by atoms with Crippen molar-refractivity contribution in [3.05, 3.63) is 54.6 Å². The van der Waals surface area contributed by atoms with Crippen molar-refractivity contribution < 1.29 is 4.52 Å². The highest BCUT2D eigenvalue weighted by Crippen LogP contribution is 2.26. The smallest absolute Gasteiger partial charge is 0.167 e. The van der Waals surface area contributed by atoms with Crippen molar-refractivity contribution in [2.75, 3.05) is 7.05 Å². The lowest BCUT2D eigenvalue weighted by Gasteiger charge is -1.94. The van der Waals surface area contributed by atoms with Crippen LogP contribution < -0.4 is 5.73 Å². The average molecular weight is 242 g/mol. The lowest BCUT2D eigenvalue weighted by Crippen LogP contribution is -1.76. The lowest BCUT2D eigenvalue weighted by atomic mass is 10.1. The molecule has 0 aliphatic rings. The Morgan fingerprint density at radius 2 is 1.50 bits per heavy atom. The van der Waals surface area contributed by atoms with E-state index in [2.05, 4.69) is 10.9 Å². The molecule has 1 heterocycles. The summed E-state index contributed by atoms with van der Waals surface area (Å²) in [6.45, 7) is 0. The van der Waals surface area contributed by atoms with E-state index in [9.17, 15) is 0 Å². The largest absolute Gasteiger partial charge is 0.356 e. The number of hydrogen-bond donors (Lipinski definition) is 1. The maximum Gasteiger partial charge on any atom is 0.167 e. The van der Waals surface area contributed by atoms with Gasteiger partial charge in [-0.25, -0.2) is 0 Å². The first-order valence-corrected chi connectivity index (χ1v) is 5.43. The first-order chi connectivity index (χ1) is 8.45. The molecule has 2 aromatic carbocycles. The van der Waals surface area contributed by atoms with Crippen LogP contribution in [-0.2, 0) is 0 Å². The van der Waals surface area contributed by atoms with Crippen molar-refractivity contribution in [1.82, 2.24) is 5.16 Å². The molecule has 0 atom stereocenters. The molecule has 0 saturated heterocycles. The molecule has 1 aromatic heterocycles. The predicted molar refractivity (Wildman–Crippen MR) is 76.3 cm³/mol. The number of nitrogens with two attached hydrogens (primary N) is 1. The minimum Gasteiger partial charge on any atom is -0.356 e. The molecule has 3 nitrogen and oxygen atoms in total. The SMILES string of the molecule is C.CN.c1ccc(-c2noc3ccccc23)cc1. The van der Waals surface area contributed by atoms with Gasteiger partial charge in [0.25, 0.3) is 0 Å². The van der Waals surface area contributed by atoms with Gasteiger partial charge < -0.3 is 10.3 Å². The molecule has 3 heteroatoms. The Labute approximate surface area is 107 Å². The third kappa shape index (κ3) is 2.57. The van der Waals surface area contributed by atoms with E-state index in [-0.39, 0.29) is 7.43 Å². The topological polar surface area (TPSA) is 52.0 Å². The molecule has 0 aliphatic carbocycles. The van der Waals surface area contributed by atoms with Crippen molar-refractivity contribution in [2.45, 2.75) is 7.43 Å². The Kier molecular flexibility index (Phi) is 5.08. The number of nitrogens with zero attached hydrogens (tertiary/aromatic N) is 1. The molecule has 94 valence electrons. The number of hydrogen-bond acceptors (Lipinski definition) is 3. The second-order valence-electron chi connectivity index (χ2n) is 3.39. The molecule has 0 spiro atoms. The Balaban J connectivity index is 0.000000516. The monoisotopic (exact) mass is 242 g/mol. The maximum atomic E-state index is 5.25. The van der Waals surface area contributed by atoms with Crippen molar-refractivity contribution in [3.63, 3.8) is 0 Å². The van der Waals surface area contributed by atoms with Crippen LogP contribution in [0.2, 0.25) is 0 Å². The van der Waals surface area contributed by atoms with Gasteiger partial charge in [-0.2, -0.15) is 0 Å². The summed E-state index contributed by atoms with van der Waals surface area (Å²) in [5.74, 6) is 0. The van der Waals surface area contributed by atoms with E-state index in [0.29, 0.717) is 0 Å². The van der Waals surface area contributed by atoms with Crippen LogP contribution in [0.1, 0.15) is 7.43 Å². The van der Waals surface area contributed by atoms with E-state index < -0.39 is 0 Å². The second-order valence-corrected chi connectivity index (χ2v) is 3.39. The van der Waals surface area contributed by atoms with Gasteiger partial charge in [-0.1, -0.05) is 55.0 Å². The van der Waals surface area contributed by atoms with Crippen LogP contribution in [0, 0.1) is 0 Å². The number of fused-ring (bicyclic) bond motifs is 1. The van der Waals surface area contributed by atoms with E-state index in [4.69, 9.17) is 4.52 Å². The molecular formula is C15H18N2O. The predicted octanol–water partition coefficient (Wildman–Crippen LogP) is 3.71. The van der Waals surface area contributed by atoms with Gasteiger partial charge in [0.15, 0.2) is 5.58 Å². The van der Waals surface area contributed by atoms with Crippen LogP contribution in [0.15, 0.2) is 59.1 Å². The molecule has 0 bridgehead atoms. The average Bonchev–Trinajstić information content (AvgIpc) is 2.86. The zero-order valence-corrected chi connectivity index (χ0v) is 9.63. The van der Waals surface area contributed by atoms with Gasteiger partial charge in [-0.15, -0.1) is 0 Å². The molecule has 0 amide bonds. The van der Waals surface area contributed by atoms with E-state index in [1.165, 1.54) is 7.05 Å². The fourth-order valence-corrected chi connectivity index (χ4v) is 1.69. The second kappa shape index (κ2) is 6.57. The minimum atomic E-state index is 0. The Morgan fingerprint density at radius 1 is 0.889 bits per heavy atom. The van der Waals surface area contributed by atoms with Crippen molar-refractivity contribution in [1.29, 1.82) is 0 Å². The highest BCUT2D eigenvalue weighted by Gasteiger charge is 2.08. The van der Waals surface area contributed by atoms with E-state index in [1.807, 2.05) is 54.6 Å². The quantitative estimate of drug-likeness (QED) is 0.707. The van der Waals surface area contributed by atoms with Crippen LogP contribution >= 0.6 is 0 Å². The summed E-state index contributed by atoms with van der Waals surface area (Å²) in [6, 6.07) is 17.9. The third-order valence-electron chi connectivity index (χ3n) is 2.42. The van der Waals surface area contributed by atoms with Crippen molar-refractivity contribution in [2.24, 2.45) is 5.73 Å². The molecule has 18 heavy (non-hydrogen) atoms. The van der Waals surface area contributed by atoms with Gasteiger partial charge >= 0.3 is 0 Å². The van der Waals surface area contributed by atoms with Gasteiger partial charge in [0.1, 0.15) is 5.69 Å². The van der Waals surface area contributed by atoms with E-state index in [0.717, 1.165) is 22.2 Å². The molecule has 3 rings (SSSR count). The molecule has 0 unspecified atom stereocenters. The van der Waals surface area contributed by atoms with Crippen LogP contribution in [0.25, 0.3) is 22.2 Å². The molecule has 0 radical (unpaired) electrons. The number of para-hydroxylation sites is 1. The van der Waals surface area contributed by atoms with Crippen LogP contribution in [-0.4, -0.2) is 12.2 Å². The summed E-state index contributed by atoms with van der Waals surface area (Å²) in [4.78, 5) is 0. The van der Waals surface area contributed by atoms with Gasteiger partial charge in [0.2, 0.25) is 0 Å². The zero-order valence-electron chi connectivity index (χ0n) is 9.63. The fraction of sp³-hybridized carbons (Fsp3) is 0.133. The Bertz CT molecular complexity index is 588. The summed E-state index contributed by atoms with van der Waals surface area (Å²) >= 11 is 0.